The normalized spacial score (nSPS) is 11.6. The number of hydrogen-bond donors (Lipinski definition) is 0. The molecule has 0 aliphatic heterocycles. The molecule has 0 aliphatic rings. The highest BCUT2D eigenvalue weighted by Gasteiger charge is 2.16. The number of rotatable bonds is 4. The minimum absolute atomic E-state index is 0.287. The quantitative estimate of drug-likeness (QED) is 0.336. The maximum Gasteiger partial charge on any atom is 0.282 e. The van der Waals surface area contributed by atoms with Crippen LogP contribution >= 0.6 is 11.6 Å². The van der Waals surface area contributed by atoms with Crippen LogP contribution in [0.1, 0.15) is 11.1 Å². The SMILES string of the molecule is COc1ccc(C=Nn2c(-c3cc4cc(Cl)ccc4o3)nc3ccccc3c2=O)cc1C. The van der Waals surface area contributed by atoms with Crippen molar-refractivity contribution in [3.05, 3.63) is 93.2 Å². The molecule has 0 bridgehead atoms. The van der Waals surface area contributed by atoms with E-state index in [2.05, 4.69) is 10.1 Å². The number of aryl methyl sites for hydroxylation is 1. The predicted molar refractivity (Wildman–Crippen MR) is 127 cm³/mol. The van der Waals surface area contributed by atoms with Gasteiger partial charge in [-0.1, -0.05) is 23.7 Å². The summed E-state index contributed by atoms with van der Waals surface area (Å²) in [6.45, 7) is 1.95. The molecule has 0 fully saturated rings. The number of para-hydroxylation sites is 1. The smallest absolute Gasteiger partial charge is 0.282 e. The van der Waals surface area contributed by atoms with Crippen molar-refractivity contribution in [2.75, 3.05) is 7.11 Å². The van der Waals surface area contributed by atoms with Gasteiger partial charge in [-0.15, -0.1) is 0 Å². The highest BCUT2D eigenvalue weighted by Crippen LogP contribution is 2.29. The second kappa shape index (κ2) is 7.98. The van der Waals surface area contributed by atoms with Crippen LogP contribution in [0, 0.1) is 6.92 Å². The molecule has 0 radical (unpaired) electrons. The van der Waals surface area contributed by atoms with Gasteiger partial charge in [-0.2, -0.15) is 9.78 Å². The zero-order valence-electron chi connectivity index (χ0n) is 17.4. The van der Waals surface area contributed by atoms with Gasteiger partial charge < -0.3 is 9.15 Å². The molecule has 6 nitrogen and oxygen atoms in total. The van der Waals surface area contributed by atoms with Gasteiger partial charge in [0.1, 0.15) is 11.3 Å². The average Bonchev–Trinajstić information content (AvgIpc) is 3.21. The van der Waals surface area contributed by atoms with Crippen LogP contribution in [0.5, 0.6) is 5.75 Å². The summed E-state index contributed by atoms with van der Waals surface area (Å²) in [6.07, 6.45) is 1.62. The standard InChI is InChI=1S/C25H18ClN3O3/c1-15-11-16(7-9-21(15)31-2)14-27-29-24(28-20-6-4-3-5-19(20)25(29)30)23-13-17-12-18(26)8-10-22(17)32-23/h3-14H,1-2H3. The van der Waals surface area contributed by atoms with E-state index in [1.165, 1.54) is 4.68 Å². The molecule has 2 heterocycles. The summed E-state index contributed by atoms with van der Waals surface area (Å²) in [4.78, 5) is 18.0. The number of ether oxygens (including phenoxy) is 1. The fraction of sp³-hybridized carbons (Fsp3) is 0.0800. The highest BCUT2D eigenvalue weighted by atomic mass is 35.5. The topological polar surface area (TPSA) is 69.6 Å². The van der Waals surface area contributed by atoms with Gasteiger partial charge >= 0.3 is 0 Å². The van der Waals surface area contributed by atoms with Gasteiger partial charge in [0, 0.05) is 10.4 Å². The van der Waals surface area contributed by atoms with Crippen molar-refractivity contribution in [1.29, 1.82) is 0 Å². The van der Waals surface area contributed by atoms with E-state index in [-0.39, 0.29) is 5.56 Å². The number of hydrogen-bond acceptors (Lipinski definition) is 5. The van der Waals surface area contributed by atoms with Crippen molar-refractivity contribution >= 4 is 39.7 Å². The van der Waals surface area contributed by atoms with Crippen molar-refractivity contribution in [2.45, 2.75) is 6.92 Å². The molecular formula is C25H18ClN3O3. The Bertz CT molecular complexity index is 1570. The van der Waals surface area contributed by atoms with E-state index in [0.717, 1.165) is 22.3 Å². The minimum Gasteiger partial charge on any atom is -0.496 e. The first-order chi connectivity index (χ1) is 15.5. The Hall–Kier alpha value is -3.90. The molecule has 158 valence electrons. The Morgan fingerprint density at radius 2 is 1.94 bits per heavy atom. The monoisotopic (exact) mass is 443 g/mol. The Morgan fingerprint density at radius 1 is 1.09 bits per heavy atom. The van der Waals surface area contributed by atoms with E-state index in [9.17, 15) is 4.79 Å². The molecule has 5 rings (SSSR count). The Balaban J connectivity index is 1.70. The molecule has 0 spiro atoms. The van der Waals surface area contributed by atoms with Crippen molar-refractivity contribution < 1.29 is 9.15 Å². The number of methoxy groups -OCH3 is 1. The van der Waals surface area contributed by atoms with Crippen molar-refractivity contribution in [2.24, 2.45) is 5.10 Å². The van der Waals surface area contributed by atoms with Crippen molar-refractivity contribution in [3.8, 4) is 17.3 Å². The van der Waals surface area contributed by atoms with E-state index in [1.54, 1.807) is 55.8 Å². The first kappa shape index (κ1) is 20.0. The maximum absolute atomic E-state index is 13.3. The van der Waals surface area contributed by atoms with Crippen LogP contribution in [-0.2, 0) is 0 Å². The van der Waals surface area contributed by atoms with Gasteiger partial charge in [-0.05, 0) is 72.6 Å². The molecule has 0 saturated heterocycles. The average molecular weight is 444 g/mol. The predicted octanol–water partition coefficient (Wildman–Crippen LogP) is 5.66. The highest BCUT2D eigenvalue weighted by molar-refractivity contribution is 6.31. The van der Waals surface area contributed by atoms with Crippen molar-refractivity contribution in [3.63, 3.8) is 0 Å². The van der Waals surface area contributed by atoms with Crippen LogP contribution in [0.3, 0.4) is 0 Å². The lowest BCUT2D eigenvalue weighted by Gasteiger charge is -2.08. The molecule has 3 aromatic carbocycles. The summed E-state index contributed by atoms with van der Waals surface area (Å²) in [5.41, 5.74) is 2.72. The summed E-state index contributed by atoms with van der Waals surface area (Å²) in [5.74, 6) is 1.52. The number of halogens is 1. The molecule has 0 aliphatic carbocycles. The second-order valence-corrected chi connectivity index (χ2v) is 7.77. The summed E-state index contributed by atoms with van der Waals surface area (Å²) in [7, 11) is 1.63. The molecule has 0 N–H and O–H groups in total. The number of fused-ring (bicyclic) bond motifs is 2. The van der Waals surface area contributed by atoms with Crippen LogP contribution < -0.4 is 10.3 Å². The van der Waals surface area contributed by atoms with Gasteiger partial charge in [0.25, 0.3) is 5.56 Å². The van der Waals surface area contributed by atoms with E-state index in [1.807, 2.05) is 31.2 Å². The van der Waals surface area contributed by atoms with Crippen LogP contribution in [0.25, 0.3) is 33.5 Å². The molecule has 7 heteroatoms. The van der Waals surface area contributed by atoms with Gasteiger partial charge in [0.15, 0.2) is 5.76 Å². The molecule has 0 atom stereocenters. The Kier molecular flexibility index (Phi) is 4.99. The third kappa shape index (κ3) is 3.55. The molecule has 2 aromatic heterocycles. The number of benzene rings is 3. The minimum atomic E-state index is -0.287. The van der Waals surface area contributed by atoms with E-state index in [0.29, 0.717) is 33.1 Å². The van der Waals surface area contributed by atoms with Crippen LogP contribution in [-0.4, -0.2) is 23.0 Å². The third-order valence-corrected chi connectivity index (χ3v) is 5.43. The van der Waals surface area contributed by atoms with Gasteiger partial charge in [-0.3, -0.25) is 4.79 Å². The zero-order valence-corrected chi connectivity index (χ0v) is 18.1. The van der Waals surface area contributed by atoms with E-state index >= 15 is 0 Å². The summed E-state index contributed by atoms with van der Waals surface area (Å²) in [6, 6.07) is 20.0. The van der Waals surface area contributed by atoms with Crippen LogP contribution in [0.15, 0.2) is 81.0 Å². The van der Waals surface area contributed by atoms with Crippen LogP contribution in [0.4, 0.5) is 0 Å². The molecule has 5 aromatic rings. The summed E-state index contributed by atoms with van der Waals surface area (Å²) >= 11 is 6.12. The molecule has 32 heavy (non-hydrogen) atoms. The molecule has 0 saturated carbocycles. The van der Waals surface area contributed by atoms with Crippen molar-refractivity contribution in [1.82, 2.24) is 9.66 Å². The fourth-order valence-corrected chi connectivity index (χ4v) is 3.80. The lowest BCUT2D eigenvalue weighted by Crippen LogP contribution is -2.20. The second-order valence-electron chi connectivity index (χ2n) is 7.34. The molecule has 0 amide bonds. The Morgan fingerprint density at radius 3 is 2.75 bits per heavy atom. The van der Waals surface area contributed by atoms with E-state index < -0.39 is 0 Å². The number of aromatic nitrogens is 2. The molecular weight excluding hydrogens is 426 g/mol. The van der Waals surface area contributed by atoms with Gasteiger partial charge in [-0.25, -0.2) is 4.98 Å². The maximum atomic E-state index is 13.3. The van der Waals surface area contributed by atoms with E-state index in [4.69, 9.17) is 20.8 Å². The first-order valence-electron chi connectivity index (χ1n) is 9.94. The lowest BCUT2D eigenvalue weighted by molar-refractivity contribution is 0.411. The summed E-state index contributed by atoms with van der Waals surface area (Å²) in [5, 5.41) is 6.36. The van der Waals surface area contributed by atoms with Crippen LogP contribution in [0.2, 0.25) is 5.02 Å². The van der Waals surface area contributed by atoms with Gasteiger partial charge in [0.05, 0.1) is 24.2 Å². The lowest BCUT2D eigenvalue weighted by atomic mass is 10.1. The molecule has 0 unspecified atom stereocenters. The Labute approximate surface area is 188 Å². The number of furan rings is 1. The first-order valence-corrected chi connectivity index (χ1v) is 10.3. The third-order valence-electron chi connectivity index (χ3n) is 5.19. The van der Waals surface area contributed by atoms with Gasteiger partial charge in [0.2, 0.25) is 5.82 Å². The zero-order chi connectivity index (χ0) is 22.2. The fourth-order valence-electron chi connectivity index (χ4n) is 3.62. The largest absolute Gasteiger partial charge is 0.496 e. The summed E-state index contributed by atoms with van der Waals surface area (Å²) < 4.78 is 12.6. The number of nitrogens with zero attached hydrogens (tertiary/aromatic N) is 3.